The SMILES string of the molecule is COCCN1CC(C(=O)N2CC3CCC(N)C3C2)CC1=O. The van der Waals surface area contributed by atoms with Crippen LogP contribution in [0.15, 0.2) is 0 Å². The van der Waals surface area contributed by atoms with Gasteiger partial charge in [0, 0.05) is 45.8 Å². The Morgan fingerprint density at radius 3 is 2.86 bits per heavy atom. The van der Waals surface area contributed by atoms with Crippen molar-refractivity contribution in [2.45, 2.75) is 25.3 Å². The lowest BCUT2D eigenvalue weighted by atomic mass is 9.98. The van der Waals surface area contributed by atoms with Crippen LogP contribution in [0, 0.1) is 17.8 Å². The van der Waals surface area contributed by atoms with Crippen LogP contribution in [0.5, 0.6) is 0 Å². The summed E-state index contributed by atoms with van der Waals surface area (Å²) in [7, 11) is 1.62. The summed E-state index contributed by atoms with van der Waals surface area (Å²) in [5.74, 6) is 1.08. The van der Waals surface area contributed by atoms with Crippen LogP contribution in [0.2, 0.25) is 0 Å². The van der Waals surface area contributed by atoms with Crippen LogP contribution in [-0.4, -0.2) is 67.6 Å². The zero-order chi connectivity index (χ0) is 15.0. The number of ether oxygens (including phenoxy) is 1. The molecule has 2 N–H and O–H groups in total. The predicted octanol–water partition coefficient (Wildman–Crippen LogP) is -0.323. The zero-order valence-corrected chi connectivity index (χ0v) is 12.7. The Morgan fingerprint density at radius 2 is 2.14 bits per heavy atom. The van der Waals surface area contributed by atoms with Crippen LogP contribution < -0.4 is 5.73 Å². The standard InChI is InChI=1S/C15H25N3O3/c1-21-5-4-17-8-11(6-14(17)19)15(20)18-7-10-2-3-13(16)12(10)9-18/h10-13H,2-9,16H2,1H3. The molecule has 4 atom stereocenters. The van der Waals surface area contributed by atoms with Gasteiger partial charge in [0.05, 0.1) is 12.5 Å². The summed E-state index contributed by atoms with van der Waals surface area (Å²) in [5, 5.41) is 0. The average Bonchev–Trinajstić information content (AvgIpc) is 3.13. The second-order valence-electron chi connectivity index (χ2n) is 6.64. The Labute approximate surface area is 125 Å². The molecule has 2 heterocycles. The van der Waals surface area contributed by atoms with Crippen LogP contribution in [-0.2, 0) is 14.3 Å². The molecule has 6 heteroatoms. The van der Waals surface area contributed by atoms with Gasteiger partial charge in [0.15, 0.2) is 0 Å². The molecule has 0 bridgehead atoms. The Morgan fingerprint density at radius 1 is 1.33 bits per heavy atom. The van der Waals surface area contributed by atoms with E-state index in [2.05, 4.69) is 0 Å². The summed E-state index contributed by atoms with van der Waals surface area (Å²) in [5.41, 5.74) is 6.12. The van der Waals surface area contributed by atoms with E-state index in [0.29, 0.717) is 38.0 Å². The summed E-state index contributed by atoms with van der Waals surface area (Å²) < 4.78 is 5.01. The van der Waals surface area contributed by atoms with Crippen LogP contribution in [0.4, 0.5) is 0 Å². The number of likely N-dealkylation sites (tertiary alicyclic amines) is 2. The number of nitrogens with zero attached hydrogens (tertiary/aromatic N) is 2. The van der Waals surface area contributed by atoms with E-state index in [0.717, 1.165) is 25.9 Å². The Kier molecular flexibility index (Phi) is 4.17. The quantitative estimate of drug-likeness (QED) is 0.771. The van der Waals surface area contributed by atoms with Crippen molar-refractivity contribution in [3.05, 3.63) is 0 Å². The molecule has 0 aromatic heterocycles. The van der Waals surface area contributed by atoms with E-state index in [1.807, 2.05) is 4.90 Å². The largest absolute Gasteiger partial charge is 0.383 e. The summed E-state index contributed by atoms with van der Waals surface area (Å²) in [6.45, 7) is 3.26. The van der Waals surface area contributed by atoms with Crippen molar-refractivity contribution in [2.75, 3.05) is 39.9 Å². The molecule has 3 rings (SSSR count). The number of carbonyl (C=O) groups is 2. The number of hydrogen-bond donors (Lipinski definition) is 1. The second-order valence-corrected chi connectivity index (χ2v) is 6.64. The number of methoxy groups -OCH3 is 1. The van der Waals surface area contributed by atoms with Crippen molar-refractivity contribution in [3.63, 3.8) is 0 Å². The zero-order valence-electron chi connectivity index (χ0n) is 12.7. The smallest absolute Gasteiger partial charge is 0.228 e. The summed E-state index contributed by atoms with van der Waals surface area (Å²) >= 11 is 0. The molecule has 3 fully saturated rings. The third-order valence-corrected chi connectivity index (χ3v) is 5.35. The molecular formula is C15H25N3O3. The lowest BCUT2D eigenvalue weighted by Gasteiger charge is -2.22. The molecular weight excluding hydrogens is 270 g/mol. The molecule has 2 aliphatic heterocycles. The van der Waals surface area contributed by atoms with E-state index in [-0.39, 0.29) is 23.8 Å². The number of nitrogens with two attached hydrogens (primary N) is 1. The number of amides is 2. The van der Waals surface area contributed by atoms with Gasteiger partial charge < -0.3 is 20.3 Å². The fourth-order valence-corrected chi connectivity index (χ4v) is 4.10. The first-order chi connectivity index (χ1) is 10.1. The Bertz CT molecular complexity index is 428. The van der Waals surface area contributed by atoms with Gasteiger partial charge in [-0.05, 0) is 24.7 Å². The van der Waals surface area contributed by atoms with Gasteiger partial charge in [-0.1, -0.05) is 0 Å². The number of carbonyl (C=O) groups excluding carboxylic acids is 2. The fraction of sp³-hybridized carbons (Fsp3) is 0.867. The maximum atomic E-state index is 12.6. The van der Waals surface area contributed by atoms with E-state index in [4.69, 9.17) is 10.5 Å². The molecule has 4 unspecified atom stereocenters. The van der Waals surface area contributed by atoms with E-state index in [1.165, 1.54) is 0 Å². The number of rotatable bonds is 4. The van der Waals surface area contributed by atoms with Crippen molar-refractivity contribution >= 4 is 11.8 Å². The second kappa shape index (κ2) is 5.93. The average molecular weight is 295 g/mol. The first-order valence-electron chi connectivity index (χ1n) is 7.91. The highest BCUT2D eigenvalue weighted by atomic mass is 16.5. The van der Waals surface area contributed by atoms with Gasteiger partial charge in [0.1, 0.15) is 0 Å². The first kappa shape index (κ1) is 14.8. The molecule has 3 aliphatic rings. The molecule has 2 saturated heterocycles. The van der Waals surface area contributed by atoms with E-state index >= 15 is 0 Å². The van der Waals surface area contributed by atoms with Crippen molar-refractivity contribution in [1.29, 1.82) is 0 Å². The van der Waals surface area contributed by atoms with Gasteiger partial charge in [-0.2, -0.15) is 0 Å². The van der Waals surface area contributed by atoms with E-state index < -0.39 is 0 Å². The molecule has 1 saturated carbocycles. The van der Waals surface area contributed by atoms with Crippen LogP contribution >= 0.6 is 0 Å². The van der Waals surface area contributed by atoms with Gasteiger partial charge in [-0.3, -0.25) is 9.59 Å². The van der Waals surface area contributed by atoms with Gasteiger partial charge in [-0.15, -0.1) is 0 Å². The lowest BCUT2D eigenvalue weighted by molar-refractivity contribution is -0.135. The van der Waals surface area contributed by atoms with Gasteiger partial charge in [-0.25, -0.2) is 0 Å². The topological polar surface area (TPSA) is 75.9 Å². The number of hydrogen-bond acceptors (Lipinski definition) is 4. The highest BCUT2D eigenvalue weighted by molar-refractivity contribution is 5.89. The molecule has 118 valence electrons. The maximum Gasteiger partial charge on any atom is 0.228 e. The molecule has 21 heavy (non-hydrogen) atoms. The summed E-state index contributed by atoms with van der Waals surface area (Å²) in [6, 6.07) is 0.246. The Balaban J connectivity index is 1.56. The molecule has 2 amide bonds. The molecule has 0 aromatic rings. The highest BCUT2D eigenvalue weighted by Crippen LogP contribution is 2.38. The molecule has 6 nitrogen and oxygen atoms in total. The van der Waals surface area contributed by atoms with Gasteiger partial charge >= 0.3 is 0 Å². The highest BCUT2D eigenvalue weighted by Gasteiger charge is 2.45. The Hall–Kier alpha value is -1.14. The van der Waals surface area contributed by atoms with Crippen LogP contribution in [0.1, 0.15) is 19.3 Å². The predicted molar refractivity (Wildman–Crippen MR) is 77.3 cm³/mol. The van der Waals surface area contributed by atoms with Gasteiger partial charge in [0.2, 0.25) is 11.8 Å². The maximum absolute atomic E-state index is 12.6. The molecule has 0 aromatic carbocycles. The molecule has 0 spiro atoms. The summed E-state index contributed by atoms with van der Waals surface area (Å²) in [4.78, 5) is 28.3. The lowest BCUT2D eigenvalue weighted by Crippen LogP contribution is -2.38. The van der Waals surface area contributed by atoms with Crippen LogP contribution in [0.3, 0.4) is 0 Å². The van der Waals surface area contributed by atoms with E-state index in [1.54, 1.807) is 12.0 Å². The van der Waals surface area contributed by atoms with Crippen molar-refractivity contribution in [1.82, 2.24) is 9.80 Å². The van der Waals surface area contributed by atoms with Crippen LogP contribution in [0.25, 0.3) is 0 Å². The minimum Gasteiger partial charge on any atom is -0.383 e. The van der Waals surface area contributed by atoms with Crippen molar-refractivity contribution in [2.24, 2.45) is 23.5 Å². The van der Waals surface area contributed by atoms with Crippen molar-refractivity contribution in [3.8, 4) is 0 Å². The molecule has 0 radical (unpaired) electrons. The van der Waals surface area contributed by atoms with Crippen molar-refractivity contribution < 1.29 is 14.3 Å². The van der Waals surface area contributed by atoms with E-state index in [9.17, 15) is 9.59 Å². The minimum absolute atomic E-state index is 0.0708. The monoisotopic (exact) mass is 295 g/mol. The third kappa shape index (κ3) is 2.79. The first-order valence-corrected chi connectivity index (χ1v) is 7.91. The fourth-order valence-electron chi connectivity index (χ4n) is 4.10. The molecule has 1 aliphatic carbocycles. The number of fused-ring (bicyclic) bond motifs is 1. The van der Waals surface area contributed by atoms with Gasteiger partial charge in [0.25, 0.3) is 0 Å². The normalized spacial score (nSPS) is 35.6. The summed E-state index contributed by atoms with van der Waals surface area (Å²) in [6.07, 6.45) is 2.57. The minimum atomic E-state index is -0.176. The third-order valence-electron chi connectivity index (χ3n) is 5.35.